The van der Waals surface area contributed by atoms with E-state index in [9.17, 15) is 4.79 Å². The monoisotopic (exact) mass is 260 g/mol. The summed E-state index contributed by atoms with van der Waals surface area (Å²) in [5.41, 5.74) is 2.77. The standard InChI is InChI=1S/C15H16O2S/c1-10(2)7-11-3-5-12(6-4-11)14-8-13(9-18-14)15(16)17/h3-6,8-10H,7H2,1-2H3,(H,16,17). The molecule has 0 amide bonds. The number of hydrogen-bond donors (Lipinski definition) is 1. The van der Waals surface area contributed by atoms with Gasteiger partial charge in [0.05, 0.1) is 5.56 Å². The van der Waals surface area contributed by atoms with E-state index >= 15 is 0 Å². The molecule has 0 radical (unpaired) electrons. The fourth-order valence-corrected chi connectivity index (χ4v) is 2.77. The minimum atomic E-state index is -0.867. The highest BCUT2D eigenvalue weighted by Crippen LogP contribution is 2.27. The lowest BCUT2D eigenvalue weighted by atomic mass is 10.0. The molecule has 0 atom stereocenters. The quantitative estimate of drug-likeness (QED) is 0.889. The van der Waals surface area contributed by atoms with Crippen molar-refractivity contribution in [1.29, 1.82) is 0 Å². The number of thiophene rings is 1. The Morgan fingerprint density at radius 1 is 1.28 bits per heavy atom. The molecule has 18 heavy (non-hydrogen) atoms. The van der Waals surface area contributed by atoms with E-state index in [4.69, 9.17) is 5.11 Å². The van der Waals surface area contributed by atoms with Crippen LogP contribution in [0.2, 0.25) is 0 Å². The molecule has 0 saturated carbocycles. The SMILES string of the molecule is CC(C)Cc1ccc(-c2cc(C(=O)O)cs2)cc1. The number of carboxylic acids is 1. The van der Waals surface area contributed by atoms with Crippen molar-refractivity contribution in [3.05, 3.63) is 46.8 Å². The third-order valence-corrected chi connectivity index (χ3v) is 3.71. The molecule has 3 heteroatoms. The van der Waals surface area contributed by atoms with Crippen molar-refractivity contribution in [3.63, 3.8) is 0 Å². The zero-order chi connectivity index (χ0) is 13.1. The summed E-state index contributed by atoms with van der Waals surface area (Å²) in [5.74, 6) is -0.217. The Hall–Kier alpha value is -1.61. The van der Waals surface area contributed by atoms with Crippen LogP contribution in [0.3, 0.4) is 0 Å². The Kier molecular flexibility index (Phi) is 3.82. The third-order valence-electron chi connectivity index (χ3n) is 2.73. The molecular formula is C15H16O2S. The molecule has 1 aromatic carbocycles. The maximum absolute atomic E-state index is 10.8. The number of rotatable bonds is 4. The Morgan fingerprint density at radius 2 is 1.94 bits per heavy atom. The van der Waals surface area contributed by atoms with E-state index in [1.807, 2.05) is 0 Å². The summed E-state index contributed by atoms with van der Waals surface area (Å²) in [6.07, 6.45) is 1.07. The van der Waals surface area contributed by atoms with Crippen molar-refractivity contribution in [2.75, 3.05) is 0 Å². The molecule has 2 aromatic rings. The number of aromatic carboxylic acids is 1. The van der Waals surface area contributed by atoms with E-state index in [0.717, 1.165) is 16.9 Å². The van der Waals surface area contributed by atoms with Gasteiger partial charge in [0.15, 0.2) is 0 Å². The van der Waals surface area contributed by atoms with Crippen LogP contribution < -0.4 is 0 Å². The van der Waals surface area contributed by atoms with Gasteiger partial charge in [-0.15, -0.1) is 11.3 Å². The van der Waals surface area contributed by atoms with Gasteiger partial charge in [-0.3, -0.25) is 0 Å². The van der Waals surface area contributed by atoms with Crippen LogP contribution in [-0.2, 0) is 6.42 Å². The van der Waals surface area contributed by atoms with Crippen molar-refractivity contribution in [3.8, 4) is 10.4 Å². The first-order valence-corrected chi connectivity index (χ1v) is 6.85. The molecule has 0 fully saturated rings. The Labute approximate surface area is 111 Å². The average Bonchev–Trinajstić information content (AvgIpc) is 2.78. The predicted molar refractivity (Wildman–Crippen MR) is 75.3 cm³/mol. The fourth-order valence-electron chi connectivity index (χ4n) is 1.88. The van der Waals surface area contributed by atoms with Crippen LogP contribution in [0.25, 0.3) is 10.4 Å². The van der Waals surface area contributed by atoms with Crippen LogP contribution in [-0.4, -0.2) is 11.1 Å². The molecular weight excluding hydrogens is 244 g/mol. The molecule has 0 unspecified atom stereocenters. The second-order valence-corrected chi connectivity index (χ2v) is 5.71. The molecule has 94 valence electrons. The minimum Gasteiger partial charge on any atom is -0.478 e. The maximum Gasteiger partial charge on any atom is 0.336 e. The maximum atomic E-state index is 10.8. The van der Waals surface area contributed by atoms with Gasteiger partial charge in [0.2, 0.25) is 0 Å². The van der Waals surface area contributed by atoms with Gasteiger partial charge in [0.25, 0.3) is 0 Å². The van der Waals surface area contributed by atoms with Crippen LogP contribution in [0.15, 0.2) is 35.7 Å². The molecule has 1 heterocycles. The lowest BCUT2D eigenvalue weighted by molar-refractivity contribution is 0.0697. The molecule has 0 aliphatic heterocycles. The minimum absolute atomic E-state index is 0.362. The van der Waals surface area contributed by atoms with Crippen molar-refractivity contribution in [2.45, 2.75) is 20.3 Å². The largest absolute Gasteiger partial charge is 0.478 e. The second-order valence-electron chi connectivity index (χ2n) is 4.80. The zero-order valence-corrected chi connectivity index (χ0v) is 11.3. The van der Waals surface area contributed by atoms with Crippen LogP contribution in [0, 0.1) is 5.92 Å². The molecule has 0 saturated heterocycles. The van der Waals surface area contributed by atoms with Crippen LogP contribution in [0.5, 0.6) is 0 Å². The van der Waals surface area contributed by atoms with E-state index in [1.54, 1.807) is 11.4 Å². The number of carboxylic acid groups (broad SMARTS) is 1. The van der Waals surface area contributed by atoms with Gasteiger partial charge >= 0.3 is 5.97 Å². The summed E-state index contributed by atoms with van der Waals surface area (Å²) in [6, 6.07) is 10.1. The van der Waals surface area contributed by atoms with E-state index in [-0.39, 0.29) is 0 Å². The highest BCUT2D eigenvalue weighted by atomic mass is 32.1. The average molecular weight is 260 g/mol. The highest BCUT2D eigenvalue weighted by molar-refractivity contribution is 7.13. The smallest absolute Gasteiger partial charge is 0.336 e. The zero-order valence-electron chi connectivity index (χ0n) is 10.5. The number of carbonyl (C=O) groups is 1. The van der Waals surface area contributed by atoms with Crippen LogP contribution in [0.4, 0.5) is 0 Å². The van der Waals surface area contributed by atoms with E-state index in [1.165, 1.54) is 16.9 Å². The van der Waals surface area contributed by atoms with Gasteiger partial charge < -0.3 is 5.11 Å². The van der Waals surface area contributed by atoms with Gasteiger partial charge in [-0.1, -0.05) is 38.1 Å². The van der Waals surface area contributed by atoms with Crippen LogP contribution in [0.1, 0.15) is 29.8 Å². The van der Waals surface area contributed by atoms with Crippen molar-refractivity contribution < 1.29 is 9.90 Å². The van der Waals surface area contributed by atoms with Gasteiger partial charge in [-0.05, 0) is 29.5 Å². The van der Waals surface area contributed by atoms with E-state index in [0.29, 0.717) is 11.5 Å². The summed E-state index contributed by atoms with van der Waals surface area (Å²) in [7, 11) is 0. The first-order chi connectivity index (χ1) is 8.56. The number of hydrogen-bond acceptors (Lipinski definition) is 2. The van der Waals surface area contributed by atoms with Gasteiger partial charge in [-0.25, -0.2) is 4.79 Å². The molecule has 2 rings (SSSR count). The van der Waals surface area contributed by atoms with E-state index < -0.39 is 5.97 Å². The fraction of sp³-hybridized carbons (Fsp3) is 0.267. The second kappa shape index (κ2) is 5.36. The van der Waals surface area contributed by atoms with E-state index in [2.05, 4.69) is 38.1 Å². The lowest BCUT2D eigenvalue weighted by Crippen LogP contribution is -1.93. The molecule has 0 aliphatic carbocycles. The summed E-state index contributed by atoms with van der Waals surface area (Å²) in [6.45, 7) is 4.40. The van der Waals surface area contributed by atoms with Gasteiger partial charge in [0, 0.05) is 10.3 Å². The first kappa shape index (κ1) is 12.8. The van der Waals surface area contributed by atoms with Crippen molar-refractivity contribution in [1.82, 2.24) is 0 Å². The Balaban J connectivity index is 2.20. The molecule has 0 bridgehead atoms. The first-order valence-electron chi connectivity index (χ1n) is 5.97. The van der Waals surface area contributed by atoms with Crippen LogP contribution >= 0.6 is 11.3 Å². The summed E-state index contributed by atoms with van der Waals surface area (Å²) in [4.78, 5) is 11.8. The Bertz CT molecular complexity index is 538. The molecule has 0 spiro atoms. The van der Waals surface area contributed by atoms with Crippen molar-refractivity contribution in [2.24, 2.45) is 5.92 Å². The Morgan fingerprint density at radius 3 is 2.44 bits per heavy atom. The molecule has 1 N–H and O–H groups in total. The summed E-state index contributed by atoms with van der Waals surface area (Å²) < 4.78 is 0. The van der Waals surface area contributed by atoms with Crippen molar-refractivity contribution >= 4 is 17.3 Å². The van der Waals surface area contributed by atoms with Gasteiger partial charge in [-0.2, -0.15) is 0 Å². The summed E-state index contributed by atoms with van der Waals surface area (Å²) in [5, 5.41) is 10.6. The highest BCUT2D eigenvalue weighted by Gasteiger charge is 2.08. The molecule has 0 aliphatic rings. The van der Waals surface area contributed by atoms with Gasteiger partial charge in [0.1, 0.15) is 0 Å². The number of benzene rings is 1. The molecule has 1 aromatic heterocycles. The topological polar surface area (TPSA) is 37.3 Å². The predicted octanol–water partition coefficient (Wildman–Crippen LogP) is 4.31. The normalized spacial score (nSPS) is 10.8. The molecule has 2 nitrogen and oxygen atoms in total. The lowest BCUT2D eigenvalue weighted by Gasteiger charge is -2.05. The third kappa shape index (κ3) is 2.99. The summed E-state index contributed by atoms with van der Waals surface area (Å²) >= 11 is 1.47.